The summed E-state index contributed by atoms with van der Waals surface area (Å²) >= 11 is 0. The van der Waals surface area contributed by atoms with Crippen molar-refractivity contribution >= 4 is 5.97 Å². The fraction of sp³-hybridized carbons (Fsp3) is 0.773. The molecule has 0 aliphatic carbocycles. The van der Waals surface area contributed by atoms with Crippen molar-refractivity contribution in [2.45, 2.75) is 83.0 Å². The molecular formula is C22H31NO6. The summed E-state index contributed by atoms with van der Waals surface area (Å²) in [5.41, 5.74) is 0.466. The standard InChI is InChI=1S/C22H31NO6/c1-5-14(24)13-7-8-15-17-16-11(2)19(20-18(26-4)12(3)21(25)27-20)29-22(16,28-15)9-6-10-23(13)17/h11,13-17,24H,5-10H2,1-4H3. The van der Waals surface area contributed by atoms with E-state index in [4.69, 9.17) is 18.9 Å². The maximum Gasteiger partial charge on any atom is 0.343 e. The van der Waals surface area contributed by atoms with Crippen LogP contribution in [0.3, 0.4) is 0 Å². The first kappa shape index (κ1) is 19.4. The molecule has 4 saturated heterocycles. The van der Waals surface area contributed by atoms with E-state index in [-0.39, 0.29) is 42.1 Å². The average Bonchev–Trinajstić information content (AvgIpc) is 3.23. The Morgan fingerprint density at radius 2 is 2.17 bits per heavy atom. The number of methoxy groups -OCH3 is 1. The van der Waals surface area contributed by atoms with Crippen LogP contribution in [0.5, 0.6) is 0 Å². The van der Waals surface area contributed by atoms with Crippen LogP contribution in [-0.4, -0.2) is 59.7 Å². The second kappa shape index (κ2) is 6.72. The van der Waals surface area contributed by atoms with Gasteiger partial charge in [-0.25, -0.2) is 4.79 Å². The van der Waals surface area contributed by atoms with E-state index < -0.39 is 5.79 Å². The lowest BCUT2D eigenvalue weighted by Crippen LogP contribution is -2.58. The van der Waals surface area contributed by atoms with E-state index in [0.29, 0.717) is 22.9 Å². The first-order valence-corrected chi connectivity index (χ1v) is 10.9. The molecule has 0 aromatic rings. The zero-order valence-electron chi connectivity index (χ0n) is 17.6. The van der Waals surface area contributed by atoms with Crippen molar-refractivity contribution in [3.8, 4) is 0 Å². The van der Waals surface area contributed by atoms with Gasteiger partial charge in [0.1, 0.15) is 5.76 Å². The Morgan fingerprint density at radius 1 is 1.38 bits per heavy atom. The molecule has 7 nitrogen and oxygen atoms in total. The lowest BCUT2D eigenvalue weighted by molar-refractivity contribution is -0.213. The molecule has 7 unspecified atom stereocenters. The summed E-state index contributed by atoms with van der Waals surface area (Å²) in [5, 5.41) is 10.7. The molecule has 0 saturated carbocycles. The molecule has 1 N–H and O–H groups in total. The molecule has 7 atom stereocenters. The fourth-order valence-electron chi connectivity index (χ4n) is 6.40. The van der Waals surface area contributed by atoms with Gasteiger partial charge in [0.05, 0.1) is 30.8 Å². The molecule has 5 rings (SSSR count). The van der Waals surface area contributed by atoms with Crippen LogP contribution in [0.15, 0.2) is 22.9 Å². The van der Waals surface area contributed by atoms with Gasteiger partial charge in [-0.3, -0.25) is 4.90 Å². The molecule has 5 aliphatic rings. The van der Waals surface area contributed by atoms with E-state index in [1.165, 1.54) is 0 Å². The minimum Gasteiger partial charge on any atom is -0.492 e. The van der Waals surface area contributed by atoms with Crippen LogP contribution in [0.25, 0.3) is 0 Å². The Balaban J connectivity index is 1.55. The van der Waals surface area contributed by atoms with Crippen molar-refractivity contribution in [2.24, 2.45) is 11.8 Å². The third-order valence-electron chi connectivity index (χ3n) is 7.68. The zero-order chi connectivity index (χ0) is 20.5. The van der Waals surface area contributed by atoms with Crippen LogP contribution in [0.4, 0.5) is 0 Å². The number of aliphatic hydroxyl groups is 1. The lowest BCUT2D eigenvalue weighted by atomic mass is 9.77. The number of carbonyl (C=O) groups excluding carboxylic acids is 1. The van der Waals surface area contributed by atoms with Crippen LogP contribution in [0, 0.1) is 11.8 Å². The van der Waals surface area contributed by atoms with E-state index in [2.05, 4.69) is 11.8 Å². The van der Waals surface area contributed by atoms with Crippen LogP contribution in [0.1, 0.15) is 52.9 Å². The van der Waals surface area contributed by atoms with Crippen LogP contribution in [0.2, 0.25) is 0 Å². The first-order valence-electron chi connectivity index (χ1n) is 10.9. The minimum atomic E-state index is -0.681. The van der Waals surface area contributed by atoms with E-state index in [1.54, 1.807) is 14.0 Å². The lowest BCUT2D eigenvalue weighted by Gasteiger charge is -2.46. The Labute approximate surface area is 171 Å². The van der Waals surface area contributed by atoms with E-state index in [1.807, 2.05) is 6.92 Å². The molecule has 0 spiro atoms. The number of piperidine rings is 1. The summed E-state index contributed by atoms with van der Waals surface area (Å²) in [4.78, 5) is 14.6. The number of hydrogen-bond donors (Lipinski definition) is 1. The van der Waals surface area contributed by atoms with Crippen LogP contribution in [-0.2, 0) is 23.7 Å². The van der Waals surface area contributed by atoms with Gasteiger partial charge in [-0.05, 0) is 39.2 Å². The van der Waals surface area contributed by atoms with E-state index >= 15 is 0 Å². The maximum absolute atomic E-state index is 12.1. The smallest absolute Gasteiger partial charge is 0.343 e. The SMILES string of the molecule is CCC(O)C1CCC2OC34CCCN1C2C3C(C)C(=C1OC(=O)C(C)=C1OC)O4. The number of carbonyl (C=O) groups is 1. The first-order chi connectivity index (χ1) is 13.9. The van der Waals surface area contributed by atoms with Gasteiger partial charge in [0, 0.05) is 24.4 Å². The van der Waals surface area contributed by atoms with Crippen LogP contribution >= 0.6 is 0 Å². The highest BCUT2D eigenvalue weighted by molar-refractivity contribution is 5.93. The van der Waals surface area contributed by atoms with Gasteiger partial charge in [-0.2, -0.15) is 0 Å². The van der Waals surface area contributed by atoms with E-state index in [0.717, 1.165) is 38.6 Å². The molecule has 0 radical (unpaired) electrons. The maximum atomic E-state index is 12.1. The van der Waals surface area contributed by atoms with Crippen molar-refractivity contribution in [3.05, 3.63) is 22.9 Å². The number of aliphatic hydroxyl groups excluding tert-OH is 1. The van der Waals surface area contributed by atoms with Crippen molar-refractivity contribution in [2.75, 3.05) is 13.7 Å². The van der Waals surface area contributed by atoms with Gasteiger partial charge < -0.3 is 24.1 Å². The molecule has 7 heteroatoms. The average molecular weight is 405 g/mol. The quantitative estimate of drug-likeness (QED) is 0.723. The molecule has 0 aromatic carbocycles. The molecule has 160 valence electrons. The zero-order valence-corrected chi connectivity index (χ0v) is 17.6. The number of hydrogen-bond acceptors (Lipinski definition) is 7. The molecular weight excluding hydrogens is 374 g/mol. The molecule has 2 bridgehead atoms. The van der Waals surface area contributed by atoms with Crippen LogP contribution < -0.4 is 0 Å². The topological polar surface area (TPSA) is 77.5 Å². The molecule has 0 amide bonds. The second-order valence-corrected chi connectivity index (χ2v) is 9.08. The molecule has 0 aromatic heterocycles. The van der Waals surface area contributed by atoms with Crippen molar-refractivity contribution < 1.29 is 28.8 Å². The van der Waals surface area contributed by atoms with Crippen molar-refractivity contribution in [1.82, 2.24) is 4.90 Å². The Hall–Kier alpha value is -1.57. The van der Waals surface area contributed by atoms with Crippen molar-refractivity contribution in [3.63, 3.8) is 0 Å². The van der Waals surface area contributed by atoms with Gasteiger partial charge in [0.25, 0.3) is 0 Å². The summed E-state index contributed by atoms with van der Waals surface area (Å²) in [6.07, 6.45) is 4.22. The number of cyclic esters (lactones) is 1. The molecule has 5 heterocycles. The van der Waals surface area contributed by atoms with Gasteiger partial charge in [0.15, 0.2) is 5.76 Å². The summed E-state index contributed by atoms with van der Waals surface area (Å²) in [5.74, 6) is 0.631. The normalized spacial score (nSPS) is 45.0. The number of nitrogens with zero attached hydrogens (tertiary/aromatic N) is 1. The summed E-state index contributed by atoms with van der Waals surface area (Å²) in [6, 6.07) is 0.377. The Morgan fingerprint density at radius 3 is 2.90 bits per heavy atom. The summed E-state index contributed by atoms with van der Waals surface area (Å²) in [6.45, 7) is 6.85. The van der Waals surface area contributed by atoms with Crippen molar-refractivity contribution in [1.29, 1.82) is 0 Å². The number of esters is 1. The van der Waals surface area contributed by atoms with Gasteiger partial charge >= 0.3 is 5.97 Å². The molecule has 5 aliphatic heterocycles. The number of ether oxygens (including phenoxy) is 4. The minimum absolute atomic E-state index is 0.0296. The predicted octanol–water partition coefficient (Wildman–Crippen LogP) is 2.45. The summed E-state index contributed by atoms with van der Waals surface area (Å²) in [7, 11) is 1.55. The monoisotopic (exact) mass is 405 g/mol. The third-order valence-corrected chi connectivity index (χ3v) is 7.68. The summed E-state index contributed by atoms with van der Waals surface area (Å²) < 4.78 is 24.2. The Kier molecular flexibility index (Phi) is 4.50. The highest BCUT2D eigenvalue weighted by atomic mass is 16.7. The fourth-order valence-corrected chi connectivity index (χ4v) is 6.40. The second-order valence-electron chi connectivity index (χ2n) is 9.08. The van der Waals surface area contributed by atoms with Gasteiger partial charge in [0.2, 0.25) is 11.5 Å². The van der Waals surface area contributed by atoms with Gasteiger partial charge in [-0.15, -0.1) is 0 Å². The third kappa shape index (κ3) is 2.56. The van der Waals surface area contributed by atoms with E-state index in [9.17, 15) is 9.90 Å². The predicted molar refractivity (Wildman–Crippen MR) is 103 cm³/mol. The Bertz CT molecular complexity index is 790. The highest BCUT2D eigenvalue weighted by Gasteiger charge is 2.68. The molecule has 29 heavy (non-hydrogen) atoms. The molecule has 4 fully saturated rings. The number of rotatable bonds is 3. The highest BCUT2D eigenvalue weighted by Crippen LogP contribution is 2.59. The largest absolute Gasteiger partial charge is 0.492 e. The number of allylic oxidation sites excluding steroid dienone is 1. The van der Waals surface area contributed by atoms with Gasteiger partial charge in [-0.1, -0.05) is 13.8 Å².